The third kappa shape index (κ3) is 10.1. The molecule has 0 bridgehead atoms. The van der Waals surface area contributed by atoms with Crippen molar-refractivity contribution < 1.29 is 47.3 Å². The van der Waals surface area contributed by atoms with Crippen molar-refractivity contribution in [3.8, 4) is 0 Å². The molecule has 0 heterocycles. The van der Waals surface area contributed by atoms with Crippen molar-refractivity contribution in [3.05, 3.63) is 0 Å². The van der Waals surface area contributed by atoms with E-state index in [2.05, 4.69) is 0 Å². The molecule has 0 spiro atoms. The van der Waals surface area contributed by atoms with Crippen LogP contribution in [0.2, 0.25) is 18.1 Å². The molecule has 0 N–H and O–H groups in total. The summed E-state index contributed by atoms with van der Waals surface area (Å²) in [6, 6.07) is 0. The van der Waals surface area contributed by atoms with Crippen LogP contribution >= 0.6 is 0 Å². The molecule has 0 aliphatic rings. The van der Waals surface area contributed by atoms with Crippen LogP contribution in [0.3, 0.4) is 0 Å². The standard InChI is InChI=1S/C20H34O10Si/c1-12(22)27-16(10-21)18(29-14(3)24)19(30-15(4)25)17(28-13(2)23)11-26-31(8,9)20(5,6)7/h10,16-19H,11H2,1-9H3/t16-,17-,18-,19-/m1/s1. The summed E-state index contributed by atoms with van der Waals surface area (Å²) >= 11 is 0. The van der Waals surface area contributed by atoms with Crippen molar-refractivity contribution in [2.45, 2.75) is 91.0 Å². The van der Waals surface area contributed by atoms with Crippen molar-refractivity contribution in [2.75, 3.05) is 6.61 Å². The maximum Gasteiger partial charge on any atom is 0.303 e. The van der Waals surface area contributed by atoms with Crippen molar-refractivity contribution >= 4 is 38.5 Å². The average Bonchev–Trinajstić information content (AvgIpc) is 2.57. The first kappa shape index (κ1) is 28.7. The molecule has 0 aliphatic heterocycles. The van der Waals surface area contributed by atoms with Gasteiger partial charge in [0.05, 0.1) is 6.61 Å². The summed E-state index contributed by atoms with van der Waals surface area (Å²) in [5, 5.41) is -0.178. The van der Waals surface area contributed by atoms with Crippen molar-refractivity contribution in [1.82, 2.24) is 0 Å². The third-order valence-electron chi connectivity index (χ3n) is 4.79. The first-order valence-electron chi connectivity index (χ1n) is 9.80. The van der Waals surface area contributed by atoms with Crippen LogP contribution in [-0.2, 0) is 47.3 Å². The minimum absolute atomic E-state index is 0.178. The third-order valence-corrected chi connectivity index (χ3v) is 9.29. The summed E-state index contributed by atoms with van der Waals surface area (Å²) in [5.41, 5.74) is 0. The van der Waals surface area contributed by atoms with Crippen LogP contribution < -0.4 is 0 Å². The highest BCUT2D eigenvalue weighted by atomic mass is 28.4. The molecule has 10 nitrogen and oxygen atoms in total. The van der Waals surface area contributed by atoms with Crippen LogP contribution in [0.25, 0.3) is 0 Å². The Kier molecular flexibility index (Phi) is 11.1. The molecule has 4 atom stereocenters. The largest absolute Gasteiger partial charge is 0.456 e. The molecule has 0 aliphatic carbocycles. The normalized spacial score (nSPS) is 15.6. The van der Waals surface area contributed by atoms with Gasteiger partial charge >= 0.3 is 23.9 Å². The topological polar surface area (TPSA) is 132 Å². The molecule has 0 aromatic carbocycles. The number of aldehydes is 1. The van der Waals surface area contributed by atoms with E-state index in [4.69, 9.17) is 23.4 Å². The molecule has 0 rings (SSSR count). The van der Waals surface area contributed by atoms with Gasteiger partial charge in [0.15, 0.2) is 39.0 Å². The lowest BCUT2D eigenvalue weighted by Crippen LogP contribution is -2.54. The van der Waals surface area contributed by atoms with Gasteiger partial charge in [-0.25, -0.2) is 0 Å². The van der Waals surface area contributed by atoms with Crippen LogP contribution in [0.5, 0.6) is 0 Å². The highest BCUT2D eigenvalue weighted by molar-refractivity contribution is 6.74. The van der Waals surface area contributed by atoms with E-state index in [-0.39, 0.29) is 17.9 Å². The molecule has 0 saturated heterocycles. The Balaban J connectivity index is 6.21. The van der Waals surface area contributed by atoms with Gasteiger partial charge in [0.1, 0.15) is 0 Å². The molecular weight excluding hydrogens is 428 g/mol. The SMILES string of the molecule is CC(=O)O[C@@H]([C@H](OC(C)=O)[C@@H](CO[Si](C)(C)C(C)(C)C)OC(C)=O)[C@@H](C=O)OC(C)=O. The Bertz CT molecular complexity index is 667. The number of hydrogen-bond acceptors (Lipinski definition) is 10. The monoisotopic (exact) mass is 462 g/mol. The lowest BCUT2D eigenvalue weighted by atomic mass is 10.0. The summed E-state index contributed by atoms with van der Waals surface area (Å²) < 4.78 is 26.8. The number of hydrogen-bond donors (Lipinski definition) is 0. The van der Waals surface area contributed by atoms with Gasteiger partial charge < -0.3 is 23.4 Å². The average molecular weight is 463 g/mol. The van der Waals surface area contributed by atoms with E-state index in [9.17, 15) is 24.0 Å². The van der Waals surface area contributed by atoms with E-state index >= 15 is 0 Å². The number of ether oxygens (including phenoxy) is 4. The summed E-state index contributed by atoms with van der Waals surface area (Å²) in [6.45, 7) is 14.1. The van der Waals surface area contributed by atoms with E-state index in [0.717, 1.165) is 27.7 Å². The maximum atomic E-state index is 11.8. The highest BCUT2D eigenvalue weighted by Crippen LogP contribution is 2.37. The second-order valence-electron chi connectivity index (χ2n) is 8.58. The predicted molar refractivity (Wildman–Crippen MR) is 111 cm³/mol. The van der Waals surface area contributed by atoms with Crippen LogP contribution in [0.4, 0.5) is 0 Å². The second kappa shape index (κ2) is 11.9. The number of carbonyl (C=O) groups is 5. The lowest BCUT2D eigenvalue weighted by Gasteiger charge is -2.39. The highest BCUT2D eigenvalue weighted by Gasteiger charge is 2.45. The van der Waals surface area contributed by atoms with Gasteiger partial charge in [-0.2, -0.15) is 0 Å². The molecule has 11 heteroatoms. The van der Waals surface area contributed by atoms with E-state index in [0.29, 0.717) is 0 Å². The number of esters is 4. The van der Waals surface area contributed by atoms with E-state index in [1.54, 1.807) is 0 Å². The molecule has 31 heavy (non-hydrogen) atoms. The van der Waals surface area contributed by atoms with E-state index < -0.39 is 56.6 Å². The minimum Gasteiger partial charge on any atom is -0.456 e. The summed E-state index contributed by atoms with van der Waals surface area (Å²) in [4.78, 5) is 58.3. The van der Waals surface area contributed by atoms with Crippen molar-refractivity contribution in [1.29, 1.82) is 0 Å². The molecule has 0 aromatic rings. The minimum atomic E-state index is -2.33. The fraction of sp³-hybridized carbons (Fsp3) is 0.750. The zero-order valence-electron chi connectivity index (χ0n) is 19.7. The maximum absolute atomic E-state index is 11.8. The first-order chi connectivity index (χ1) is 14.0. The second-order valence-corrected chi connectivity index (χ2v) is 13.4. The number of rotatable bonds is 11. The molecule has 0 unspecified atom stereocenters. The Hall–Kier alpha value is -2.27. The van der Waals surface area contributed by atoms with Gasteiger partial charge in [-0.05, 0) is 18.1 Å². The van der Waals surface area contributed by atoms with Gasteiger partial charge in [-0.15, -0.1) is 0 Å². The summed E-state index contributed by atoms with van der Waals surface area (Å²) in [6.07, 6.45) is -5.63. The first-order valence-corrected chi connectivity index (χ1v) is 12.7. The van der Waals surface area contributed by atoms with Gasteiger partial charge in [0.25, 0.3) is 0 Å². The Morgan fingerprint density at radius 3 is 1.55 bits per heavy atom. The lowest BCUT2D eigenvalue weighted by molar-refractivity contribution is -0.199. The summed E-state index contributed by atoms with van der Waals surface area (Å²) in [7, 11) is -2.33. The molecule has 0 aromatic heterocycles. The molecule has 0 saturated carbocycles. The summed E-state index contributed by atoms with van der Waals surface area (Å²) in [5.74, 6) is -3.15. The van der Waals surface area contributed by atoms with Crippen LogP contribution in [-0.4, -0.2) is 69.5 Å². The Morgan fingerprint density at radius 1 is 0.774 bits per heavy atom. The quantitative estimate of drug-likeness (QED) is 0.194. The van der Waals surface area contributed by atoms with E-state index in [1.165, 1.54) is 0 Å². The molecule has 0 amide bonds. The van der Waals surface area contributed by atoms with E-state index in [1.807, 2.05) is 33.9 Å². The fourth-order valence-electron chi connectivity index (χ4n) is 2.34. The fourth-order valence-corrected chi connectivity index (χ4v) is 3.35. The smallest absolute Gasteiger partial charge is 0.303 e. The van der Waals surface area contributed by atoms with Gasteiger partial charge in [-0.3, -0.25) is 24.0 Å². The number of carbonyl (C=O) groups excluding carboxylic acids is 5. The Labute approximate surface area is 184 Å². The predicted octanol–water partition coefficient (Wildman–Crippen LogP) is 1.93. The van der Waals surface area contributed by atoms with Crippen LogP contribution in [0, 0.1) is 0 Å². The molecule has 0 fully saturated rings. The molecular formula is C20H34O10Si. The van der Waals surface area contributed by atoms with Gasteiger partial charge in [0.2, 0.25) is 0 Å². The zero-order chi connectivity index (χ0) is 24.6. The van der Waals surface area contributed by atoms with Crippen LogP contribution in [0.1, 0.15) is 48.5 Å². The van der Waals surface area contributed by atoms with Crippen molar-refractivity contribution in [2.24, 2.45) is 0 Å². The van der Waals surface area contributed by atoms with Crippen molar-refractivity contribution in [3.63, 3.8) is 0 Å². The van der Waals surface area contributed by atoms with Gasteiger partial charge in [0, 0.05) is 27.7 Å². The van der Waals surface area contributed by atoms with Gasteiger partial charge in [-0.1, -0.05) is 20.8 Å². The van der Waals surface area contributed by atoms with Crippen LogP contribution in [0.15, 0.2) is 0 Å². The zero-order valence-corrected chi connectivity index (χ0v) is 20.7. The molecule has 178 valence electrons. The Morgan fingerprint density at radius 2 is 1.19 bits per heavy atom. The molecule has 0 radical (unpaired) electrons.